The third-order valence-corrected chi connectivity index (χ3v) is 4.09. The van der Waals surface area contributed by atoms with Gasteiger partial charge in [-0.1, -0.05) is 0 Å². The summed E-state index contributed by atoms with van der Waals surface area (Å²) in [5.74, 6) is 3.26. The van der Waals surface area contributed by atoms with Gasteiger partial charge in [0.1, 0.15) is 5.76 Å². The number of hydrogen-bond donors (Lipinski definition) is 2. The Bertz CT molecular complexity index is 722. The molecule has 0 radical (unpaired) electrons. The Hall–Kier alpha value is -2.87. The first-order chi connectivity index (χ1) is 14.2. The quantitative estimate of drug-likeness (QED) is 0.318. The Morgan fingerprint density at radius 3 is 2.45 bits per heavy atom. The molecule has 0 bridgehead atoms. The van der Waals surface area contributed by atoms with Gasteiger partial charge in [0, 0.05) is 50.5 Å². The van der Waals surface area contributed by atoms with Crippen LogP contribution in [0.3, 0.4) is 0 Å². The molecule has 0 saturated carbocycles. The molecule has 0 unspecified atom stereocenters. The summed E-state index contributed by atoms with van der Waals surface area (Å²) in [6, 6.07) is 7.51. The van der Waals surface area contributed by atoms with Crippen LogP contribution in [0.25, 0.3) is 0 Å². The van der Waals surface area contributed by atoms with Crippen LogP contribution in [0.5, 0.6) is 17.2 Å². The van der Waals surface area contributed by atoms with Gasteiger partial charge in [-0.25, -0.2) is 0 Å². The Morgan fingerprint density at radius 2 is 1.86 bits per heavy atom. The minimum Gasteiger partial charge on any atom is -0.493 e. The highest BCUT2D eigenvalue weighted by atomic mass is 16.5. The van der Waals surface area contributed by atoms with Gasteiger partial charge in [-0.2, -0.15) is 0 Å². The van der Waals surface area contributed by atoms with E-state index in [1.807, 2.05) is 31.2 Å². The van der Waals surface area contributed by atoms with E-state index < -0.39 is 0 Å². The first-order valence-electron chi connectivity index (χ1n) is 9.67. The van der Waals surface area contributed by atoms with Gasteiger partial charge in [0.15, 0.2) is 17.5 Å². The fourth-order valence-electron chi connectivity index (χ4n) is 2.69. The van der Waals surface area contributed by atoms with Crippen molar-refractivity contribution in [1.82, 2.24) is 5.32 Å². The van der Waals surface area contributed by atoms with Gasteiger partial charge in [-0.05, 0) is 25.5 Å². The highest BCUT2D eigenvalue weighted by molar-refractivity contribution is 5.94. The molecule has 2 N–H and O–H groups in total. The van der Waals surface area contributed by atoms with Crippen LogP contribution in [0.1, 0.15) is 19.1 Å². The number of aliphatic imine (C=N–C) groups is 1. The number of guanidine groups is 1. The molecule has 0 amide bonds. The van der Waals surface area contributed by atoms with Crippen LogP contribution in [0.4, 0.5) is 5.69 Å². The summed E-state index contributed by atoms with van der Waals surface area (Å²) in [6.07, 6.45) is 3.27. The van der Waals surface area contributed by atoms with E-state index in [9.17, 15) is 0 Å². The zero-order valence-electron chi connectivity index (χ0n) is 17.6. The number of nitrogens with zero attached hydrogens (tertiary/aromatic N) is 1. The van der Waals surface area contributed by atoms with E-state index in [-0.39, 0.29) is 0 Å². The van der Waals surface area contributed by atoms with E-state index in [0.717, 1.165) is 24.3 Å². The van der Waals surface area contributed by atoms with Gasteiger partial charge in [-0.15, -0.1) is 0 Å². The number of hydrogen-bond acceptors (Lipinski definition) is 6. The Morgan fingerprint density at radius 1 is 1.10 bits per heavy atom. The molecule has 29 heavy (non-hydrogen) atoms. The van der Waals surface area contributed by atoms with E-state index in [1.54, 1.807) is 27.6 Å². The highest BCUT2D eigenvalue weighted by Gasteiger charge is 2.14. The van der Waals surface area contributed by atoms with Gasteiger partial charge in [0.2, 0.25) is 5.75 Å². The summed E-state index contributed by atoms with van der Waals surface area (Å²) in [5.41, 5.74) is 0.772. The summed E-state index contributed by atoms with van der Waals surface area (Å²) in [7, 11) is 4.76. The number of methoxy groups -OCH3 is 3. The van der Waals surface area contributed by atoms with Crippen LogP contribution in [-0.2, 0) is 11.2 Å². The van der Waals surface area contributed by atoms with Crippen molar-refractivity contribution in [2.24, 2.45) is 4.99 Å². The first-order valence-corrected chi connectivity index (χ1v) is 9.67. The molecule has 0 atom stereocenters. The summed E-state index contributed by atoms with van der Waals surface area (Å²) in [4.78, 5) is 4.63. The maximum absolute atomic E-state index is 5.42. The molecule has 1 aromatic carbocycles. The predicted molar refractivity (Wildman–Crippen MR) is 114 cm³/mol. The van der Waals surface area contributed by atoms with Crippen molar-refractivity contribution in [3.8, 4) is 17.2 Å². The Kier molecular flexibility index (Phi) is 9.71. The van der Waals surface area contributed by atoms with E-state index in [2.05, 4.69) is 15.6 Å². The van der Waals surface area contributed by atoms with Crippen LogP contribution in [-0.4, -0.2) is 53.6 Å². The average Bonchev–Trinajstić information content (AvgIpc) is 3.26. The molecule has 1 aromatic heterocycles. The van der Waals surface area contributed by atoms with Crippen molar-refractivity contribution in [3.63, 3.8) is 0 Å². The van der Waals surface area contributed by atoms with Crippen LogP contribution in [0, 0.1) is 0 Å². The molecule has 0 fully saturated rings. The third-order valence-electron chi connectivity index (χ3n) is 4.09. The summed E-state index contributed by atoms with van der Waals surface area (Å²) >= 11 is 0. The minimum absolute atomic E-state index is 0.543. The molecule has 0 spiro atoms. The molecule has 160 valence electrons. The lowest BCUT2D eigenvalue weighted by Crippen LogP contribution is -2.32. The minimum atomic E-state index is 0.543. The second-order valence-corrected chi connectivity index (χ2v) is 6.08. The lowest BCUT2D eigenvalue weighted by molar-refractivity contribution is 0.146. The summed E-state index contributed by atoms with van der Waals surface area (Å²) in [5, 5.41) is 6.63. The second kappa shape index (κ2) is 12.6. The van der Waals surface area contributed by atoms with Crippen molar-refractivity contribution in [1.29, 1.82) is 0 Å². The average molecular weight is 405 g/mol. The van der Waals surface area contributed by atoms with Crippen molar-refractivity contribution in [3.05, 3.63) is 36.3 Å². The van der Waals surface area contributed by atoms with Crippen LogP contribution < -0.4 is 24.8 Å². The lowest BCUT2D eigenvalue weighted by Gasteiger charge is -2.17. The molecule has 0 saturated heterocycles. The number of nitrogens with one attached hydrogen (secondary N) is 2. The Labute approximate surface area is 172 Å². The largest absolute Gasteiger partial charge is 0.493 e. The van der Waals surface area contributed by atoms with Crippen molar-refractivity contribution in [2.75, 3.05) is 52.9 Å². The number of anilines is 1. The fourth-order valence-corrected chi connectivity index (χ4v) is 2.69. The number of ether oxygens (including phenoxy) is 4. The lowest BCUT2D eigenvalue weighted by atomic mass is 10.2. The van der Waals surface area contributed by atoms with Crippen LogP contribution in [0.2, 0.25) is 0 Å². The van der Waals surface area contributed by atoms with Gasteiger partial charge in [-0.3, -0.25) is 4.99 Å². The molecule has 8 nitrogen and oxygen atoms in total. The topological polar surface area (TPSA) is 86.5 Å². The van der Waals surface area contributed by atoms with Gasteiger partial charge in [0.25, 0.3) is 0 Å². The molecule has 0 aliphatic rings. The van der Waals surface area contributed by atoms with Gasteiger partial charge in [0.05, 0.1) is 27.6 Å². The van der Waals surface area contributed by atoms with E-state index in [0.29, 0.717) is 49.5 Å². The van der Waals surface area contributed by atoms with Gasteiger partial charge < -0.3 is 34.0 Å². The zero-order valence-corrected chi connectivity index (χ0v) is 17.6. The van der Waals surface area contributed by atoms with Crippen LogP contribution in [0.15, 0.2) is 39.9 Å². The SMILES string of the molecule is CCOCCCN=C(NCCc1ccco1)Nc1cc(OC)c(OC)c(OC)c1. The molecular weight excluding hydrogens is 374 g/mol. The second-order valence-electron chi connectivity index (χ2n) is 6.08. The number of benzene rings is 1. The maximum atomic E-state index is 5.42. The monoisotopic (exact) mass is 405 g/mol. The molecule has 2 rings (SSSR count). The molecule has 8 heteroatoms. The predicted octanol–water partition coefficient (Wildman–Crippen LogP) is 3.33. The van der Waals surface area contributed by atoms with Crippen molar-refractivity contribution >= 4 is 11.6 Å². The summed E-state index contributed by atoms with van der Waals surface area (Å²) < 4.78 is 27.0. The molecular formula is C21H31N3O5. The maximum Gasteiger partial charge on any atom is 0.203 e. The van der Waals surface area contributed by atoms with Crippen LogP contribution >= 0.6 is 0 Å². The fraction of sp³-hybridized carbons (Fsp3) is 0.476. The number of rotatable bonds is 12. The molecule has 0 aliphatic carbocycles. The molecule has 1 heterocycles. The van der Waals surface area contributed by atoms with Crippen molar-refractivity contribution < 1.29 is 23.4 Å². The van der Waals surface area contributed by atoms with Crippen molar-refractivity contribution in [2.45, 2.75) is 19.8 Å². The van der Waals surface area contributed by atoms with Gasteiger partial charge >= 0.3 is 0 Å². The molecule has 0 aliphatic heterocycles. The third kappa shape index (κ3) is 7.23. The molecule has 2 aromatic rings. The zero-order chi connectivity index (χ0) is 20.9. The van der Waals surface area contributed by atoms with E-state index >= 15 is 0 Å². The van der Waals surface area contributed by atoms with E-state index in [4.69, 9.17) is 23.4 Å². The Balaban J connectivity index is 2.09. The summed E-state index contributed by atoms with van der Waals surface area (Å²) in [6.45, 7) is 4.69. The normalized spacial score (nSPS) is 11.2. The standard InChI is InChI=1S/C21H31N3O5/c1-5-28-12-7-10-22-21(23-11-9-17-8-6-13-29-17)24-16-14-18(25-2)20(27-4)19(15-16)26-3/h6,8,13-15H,5,7,9-12H2,1-4H3,(H2,22,23,24). The first kappa shape index (κ1) is 22.4. The van der Waals surface area contributed by atoms with E-state index in [1.165, 1.54) is 0 Å². The smallest absolute Gasteiger partial charge is 0.203 e. The highest BCUT2D eigenvalue weighted by Crippen LogP contribution is 2.39. The number of furan rings is 1.